The molecule has 34 heavy (non-hydrogen) atoms. The number of ketones is 1. The zero-order chi connectivity index (χ0) is 25.9. The van der Waals surface area contributed by atoms with Crippen LogP contribution < -0.4 is 4.72 Å². The average Bonchev–Trinajstić information content (AvgIpc) is 2.71. The molecule has 0 spiro atoms. The first-order chi connectivity index (χ1) is 15.5. The minimum atomic E-state index is -4.80. The van der Waals surface area contributed by atoms with Crippen molar-refractivity contribution in [3.63, 3.8) is 0 Å². The summed E-state index contributed by atoms with van der Waals surface area (Å²) < 4.78 is 93.7. The molecule has 14 heteroatoms. The summed E-state index contributed by atoms with van der Waals surface area (Å²) in [6, 6.07) is 7.33. The number of Topliss-reactive ketones (excluding diaryl/α,β-unsaturated/α-hetero) is 1. The Bertz CT molecular complexity index is 1440. The quantitative estimate of drug-likeness (QED) is 0.305. The molecule has 0 saturated carbocycles. The Morgan fingerprint density at radius 3 is 1.85 bits per heavy atom. The van der Waals surface area contributed by atoms with Crippen molar-refractivity contribution >= 4 is 54.1 Å². The molecule has 11 nitrogen and oxygen atoms in total. The minimum absolute atomic E-state index is 0.00567. The van der Waals surface area contributed by atoms with E-state index in [4.69, 9.17) is 0 Å². The summed E-state index contributed by atoms with van der Waals surface area (Å²) >= 11 is 0. The Balaban J connectivity index is 2.55. The standard InChI is InChI=1S/C20H24N2O9S3/c1-4-18(23)11-14-5-6-15(19(12-14)32(24,25)26)7-8-16-9-10-17(13-20(16)33(27,28)29)21-34(30,31)22(2)3/h5-10,12-13,21H,4,11H2,1-3H3,(H,24,25,26)(H,27,28,29)/b8-7+. The fraction of sp³-hybridized carbons (Fsp3) is 0.250. The lowest BCUT2D eigenvalue weighted by Gasteiger charge is -2.14. The number of rotatable bonds is 10. The van der Waals surface area contributed by atoms with Crippen LogP contribution in [0.4, 0.5) is 5.69 Å². The van der Waals surface area contributed by atoms with Crippen LogP contribution in [-0.4, -0.2) is 58.5 Å². The normalized spacial score (nSPS) is 12.9. The van der Waals surface area contributed by atoms with Crippen molar-refractivity contribution in [2.24, 2.45) is 0 Å². The summed E-state index contributed by atoms with van der Waals surface area (Å²) in [5.41, 5.74) is 0.144. The Hall–Kier alpha value is -2.62. The van der Waals surface area contributed by atoms with Crippen molar-refractivity contribution in [1.29, 1.82) is 0 Å². The van der Waals surface area contributed by atoms with Gasteiger partial charge in [-0.05, 0) is 34.9 Å². The Labute approximate surface area is 198 Å². The first-order valence-corrected chi connectivity index (χ1v) is 14.0. The van der Waals surface area contributed by atoms with Gasteiger partial charge in [-0.2, -0.15) is 29.6 Å². The van der Waals surface area contributed by atoms with Gasteiger partial charge in [0.15, 0.2) is 0 Å². The largest absolute Gasteiger partial charge is 0.301 e. The highest BCUT2D eigenvalue weighted by atomic mass is 32.2. The van der Waals surface area contributed by atoms with E-state index < -0.39 is 40.2 Å². The third-order valence-corrected chi connectivity index (χ3v) is 7.89. The third kappa shape index (κ3) is 7.19. The zero-order valence-corrected chi connectivity index (χ0v) is 20.9. The monoisotopic (exact) mass is 532 g/mol. The maximum Gasteiger partial charge on any atom is 0.301 e. The molecule has 0 radical (unpaired) electrons. The van der Waals surface area contributed by atoms with E-state index in [2.05, 4.69) is 4.72 Å². The highest BCUT2D eigenvalue weighted by Gasteiger charge is 2.19. The van der Waals surface area contributed by atoms with Crippen LogP contribution in [0, 0.1) is 0 Å². The van der Waals surface area contributed by atoms with Crippen molar-refractivity contribution in [3.05, 3.63) is 53.1 Å². The van der Waals surface area contributed by atoms with Gasteiger partial charge in [-0.25, -0.2) is 0 Å². The first-order valence-electron chi connectivity index (χ1n) is 9.66. The lowest BCUT2D eigenvalue weighted by Crippen LogP contribution is -2.29. The maximum absolute atomic E-state index is 12.0. The van der Waals surface area contributed by atoms with Gasteiger partial charge in [0.05, 0.1) is 5.69 Å². The van der Waals surface area contributed by atoms with Gasteiger partial charge in [-0.3, -0.25) is 18.6 Å². The van der Waals surface area contributed by atoms with Gasteiger partial charge >= 0.3 is 10.2 Å². The summed E-state index contributed by atoms with van der Waals surface area (Å²) in [7, 11) is -10.9. The summed E-state index contributed by atoms with van der Waals surface area (Å²) in [5.74, 6) is -0.132. The molecule has 0 unspecified atom stereocenters. The van der Waals surface area contributed by atoms with E-state index in [0.717, 1.165) is 16.4 Å². The number of hydrogen-bond donors (Lipinski definition) is 3. The second-order valence-corrected chi connectivity index (χ2v) is 12.0. The number of nitrogens with zero attached hydrogens (tertiary/aromatic N) is 1. The van der Waals surface area contributed by atoms with Crippen molar-refractivity contribution in [2.75, 3.05) is 18.8 Å². The summed E-state index contributed by atoms with van der Waals surface area (Å²) in [6.45, 7) is 1.66. The number of anilines is 1. The van der Waals surface area contributed by atoms with Crippen molar-refractivity contribution < 1.29 is 39.2 Å². The number of carbonyl (C=O) groups is 1. The minimum Gasteiger partial charge on any atom is -0.299 e. The van der Waals surface area contributed by atoms with Crippen molar-refractivity contribution in [3.8, 4) is 0 Å². The molecule has 0 bridgehead atoms. The van der Waals surface area contributed by atoms with Crippen molar-refractivity contribution in [2.45, 2.75) is 29.6 Å². The van der Waals surface area contributed by atoms with Gasteiger partial charge in [0, 0.05) is 26.9 Å². The van der Waals surface area contributed by atoms with E-state index in [0.29, 0.717) is 5.56 Å². The molecule has 0 fully saturated rings. The lowest BCUT2D eigenvalue weighted by molar-refractivity contribution is -0.118. The molecule has 0 aliphatic heterocycles. The third-order valence-electron chi connectivity index (χ3n) is 4.61. The van der Waals surface area contributed by atoms with Gasteiger partial charge in [0.2, 0.25) is 0 Å². The molecular weight excluding hydrogens is 508 g/mol. The molecule has 0 heterocycles. The second-order valence-electron chi connectivity index (χ2n) is 7.37. The molecule has 0 aliphatic carbocycles. The smallest absolute Gasteiger partial charge is 0.299 e. The van der Waals surface area contributed by atoms with E-state index >= 15 is 0 Å². The Morgan fingerprint density at radius 2 is 1.38 bits per heavy atom. The Morgan fingerprint density at radius 1 is 0.882 bits per heavy atom. The molecule has 0 atom stereocenters. The number of benzene rings is 2. The molecule has 0 amide bonds. The molecule has 2 aromatic rings. The highest BCUT2D eigenvalue weighted by molar-refractivity contribution is 7.90. The van der Waals surface area contributed by atoms with Gasteiger partial charge in [0.25, 0.3) is 20.2 Å². The molecule has 186 valence electrons. The summed E-state index contributed by atoms with van der Waals surface area (Å²) in [4.78, 5) is 10.5. The van der Waals surface area contributed by atoms with E-state index in [1.54, 1.807) is 6.92 Å². The number of carbonyl (C=O) groups excluding carboxylic acids is 1. The highest BCUT2D eigenvalue weighted by Crippen LogP contribution is 2.26. The van der Waals surface area contributed by atoms with Crippen LogP contribution in [-0.2, 0) is 41.7 Å². The van der Waals surface area contributed by atoms with E-state index in [-0.39, 0.29) is 35.4 Å². The zero-order valence-electron chi connectivity index (χ0n) is 18.5. The van der Waals surface area contributed by atoms with Crippen LogP contribution in [0.1, 0.15) is 30.0 Å². The van der Waals surface area contributed by atoms with E-state index in [1.807, 2.05) is 0 Å². The lowest BCUT2D eigenvalue weighted by atomic mass is 10.0. The predicted molar refractivity (Wildman–Crippen MR) is 127 cm³/mol. The fourth-order valence-corrected chi connectivity index (χ4v) is 4.83. The molecule has 3 N–H and O–H groups in total. The average molecular weight is 533 g/mol. The second kappa shape index (κ2) is 10.3. The van der Waals surface area contributed by atoms with Crippen LogP contribution in [0.25, 0.3) is 12.2 Å². The van der Waals surface area contributed by atoms with Gasteiger partial charge in [-0.15, -0.1) is 0 Å². The van der Waals surface area contributed by atoms with Gasteiger partial charge in [-0.1, -0.05) is 37.3 Å². The van der Waals surface area contributed by atoms with Crippen LogP contribution >= 0.6 is 0 Å². The summed E-state index contributed by atoms with van der Waals surface area (Å²) in [6.07, 6.45) is 2.60. The number of hydrogen-bond acceptors (Lipinski definition) is 7. The fourth-order valence-electron chi connectivity index (χ4n) is 2.78. The molecule has 2 aromatic carbocycles. The van der Waals surface area contributed by atoms with Gasteiger partial charge < -0.3 is 0 Å². The summed E-state index contributed by atoms with van der Waals surface area (Å²) in [5, 5.41) is 0. The number of nitrogens with one attached hydrogen (secondary N) is 1. The molecular formula is C20H24N2O9S3. The van der Waals surface area contributed by atoms with Gasteiger partial charge in [0.1, 0.15) is 15.6 Å². The maximum atomic E-state index is 12.0. The SMILES string of the molecule is CCC(=O)Cc1ccc(/C=C/c2ccc(NS(=O)(=O)N(C)C)cc2S(=O)(=O)O)c(S(=O)(=O)O)c1. The Kier molecular flexibility index (Phi) is 8.39. The molecule has 0 saturated heterocycles. The predicted octanol–water partition coefficient (Wildman–Crippen LogP) is 2.09. The van der Waals surface area contributed by atoms with Crippen LogP contribution in [0.3, 0.4) is 0 Å². The first kappa shape index (κ1) is 27.6. The van der Waals surface area contributed by atoms with Crippen LogP contribution in [0.5, 0.6) is 0 Å². The van der Waals surface area contributed by atoms with Crippen LogP contribution in [0.15, 0.2) is 46.2 Å². The molecule has 2 rings (SSSR count). The van der Waals surface area contributed by atoms with Crippen LogP contribution in [0.2, 0.25) is 0 Å². The molecule has 0 aromatic heterocycles. The van der Waals surface area contributed by atoms with Crippen molar-refractivity contribution in [1.82, 2.24) is 4.31 Å². The van der Waals surface area contributed by atoms with E-state index in [1.165, 1.54) is 50.5 Å². The van der Waals surface area contributed by atoms with E-state index in [9.17, 15) is 39.2 Å². The topological polar surface area (TPSA) is 175 Å². The molecule has 0 aliphatic rings.